The number of hydrogen-bond donors (Lipinski definition) is 0. The maximum Gasteiger partial charge on any atom is 0.147 e. The Balaban J connectivity index is 2.32. The molecule has 0 N–H and O–H groups in total. The molecular formula is C4H2O2P2S. The monoisotopic (exact) mass is 176 g/mol. The van der Waals surface area contributed by atoms with E-state index in [2.05, 4.69) is 0 Å². The maximum atomic E-state index is 11.5. The van der Waals surface area contributed by atoms with Crippen LogP contribution in [0.3, 0.4) is 0 Å². The molecule has 5 heteroatoms. The molecule has 2 atom stereocenters. The molecule has 0 saturated carbocycles. The summed E-state index contributed by atoms with van der Waals surface area (Å²) < 4.78 is 23.1. The van der Waals surface area contributed by atoms with Gasteiger partial charge in [-0.2, -0.15) is 0 Å². The highest BCUT2D eigenvalue weighted by Gasteiger charge is 3.56. The minimum atomic E-state index is -1.65. The van der Waals surface area contributed by atoms with Crippen molar-refractivity contribution in [1.82, 2.24) is 0 Å². The van der Waals surface area contributed by atoms with E-state index in [1.165, 1.54) is 0 Å². The highest BCUT2D eigenvalue weighted by Crippen LogP contribution is 3.67. The summed E-state index contributed by atoms with van der Waals surface area (Å²) in [6.07, 6.45) is 0. The van der Waals surface area contributed by atoms with E-state index in [9.17, 15) is 9.13 Å². The van der Waals surface area contributed by atoms with Crippen molar-refractivity contribution in [3.63, 3.8) is 0 Å². The summed E-state index contributed by atoms with van der Waals surface area (Å²) in [5.41, 5.74) is 0. The van der Waals surface area contributed by atoms with Crippen LogP contribution >= 0.6 is 26.0 Å². The Kier molecular flexibility index (Phi) is 0.221. The standard InChI is InChI=1S/C4H2O2P2S/c5-7-2-1-9-4(7)3(2,7)8(2,4)6/h1H2. The fourth-order valence-electron chi connectivity index (χ4n) is 3.72. The minimum Gasteiger partial charge on any atom is -0.319 e. The Hall–Kier alpha value is 0.810. The lowest BCUT2D eigenvalue weighted by Crippen LogP contribution is -2.11. The largest absolute Gasteiger partial charge is 0.319 e. The lowest BCUT2D eigenvalue weighted by Gasteiger charge is -2.16. The van der Waals surface area contributed by atoms with E-state index in [0.29, 0.717) is 0 Å². The smallest absolute Gasteiger partial charge is 0.147 e. The highest BCUT2D eigenvalue weighted by molar-refractivity contribution is 8.56. The van der Waals surface area contributed by atoms with E-state index in [4.69, 9.17) is 0 Å². The first-order valence-electron chi connectivity index (χ1n) is 3.05. The summed E-state index contributed by atoms with van der Waals surface area (Å²) in [7, 11) is -3.31. The molecule has 2 nitrogen and oxygen atoms in total. The normalized spacial score (nSPS) is 112. The van der Waals surface area contributed by atoms with Gasteiger partial charge in [0.25, 0.3) is 0 Å². The molecule has 0 aromatic carbocycles. The minimum absolute atomic E-state index is 0.0208. The van der Waals surface area contributed by atoms with Gasteiger partial charge in [0.15, 0.2) is 0 Å². The van der Waals surface area contributed by atoms with Gasteiger partial charge in [0, 0.05) is 5.75 Å². The van der Waals surface area contributed by atoms with Crippen molar-refractivity contribution in [3.8, 4) is 0 Å². The van der Waals surface area contributed by atoms with Gasteiger partial charge in [-0.15, -0.1) is 11.8 Å². The van der Waals surface area contributed by atoms with Gasteiger partial charge < -0.3 is 9.13 Å². The van der Waals surface area contributed by atoms with Crippen molar-refractivity contribution in [2.45, 2.75) is 14.0 Å². The van der Waals surface area contributed by atoms with Crippen molar-refractivity contribution < 1.29 is 9.13 Å². The van der Waals surface area contributed by atoms with Crippen LogP contribution in [0.2, 0.25) is 0 Å². The molecule has 3 spiro atoms. The zero-order valence-electron chi connectivity index (χ0n) is 4.33. The fraction of sp³-hybridized carbons (Fsp3) is 1.00. The van der Waals surface area contributed by atoms with Crippen molar-refractivity contribution in [2.75, 3.05) is 5.75 Å². The van der Waals surface area contributed by atoms with Crippen LogP contribution in [0.4, 0.5) is 0 Å². The quantitative estimate of drug-likeness (QED) is 0.525. The lowest BCUT2D eigenvalue weighted by atomic mass is 10.4. The lowest BCUT2D eigenvalue weighted by molar-refractivity contribution is 0.570. The molecule has 0 aliphatic carbocycles. The van der Waals surface area contributed by atoms with Gasteiger partial charge in [-0.25, -0.2) is 0 Å². The van der Waals surface area contributed by atoms with Crippen LogP contribution in [0, 0.1) is 0 Å². The molecule has 46 valence electrons. The van der Waals surface area contributed by atoms with Crippen molar-refractivity contribution in [1.29, 1.82) is 0 Å². The molecule has 7 aliphatic rings. The second kappa shape index (κ2) is 0.499. The van der Waals surface area contributed by atoms with E-state index < -0.39 is 14.3 Å². The first-order valence-corrected chi connectivity index (χ1v) is 7.45. The first kappa shape index (κ1) is 3.99. The van der Waals surface area contributed by atoms with Gasteiger partial charge in [0.2, 0.25) is 0 Å². The molecule has 7 saturated heterocycles. The third-order valence-corrected chi connectivity index (χ3v) is 22.0. The van der Waals surface area contributed by atoms with Gasteiger partial charge in [-0.1, -0.05) is 0 Å². The van der Waals surface area contributed by atoms with Crippen LogP contribution in [-0.4, -0.2) is 19.8 Å². The van der Waals surface area contributed by atoms with E-state index in [1.54, 1.807) is 11.8 Å². The molecule has 7 heterocycles. The third-order valence-electron chi connectivity index (χ3n) is 4.09. The SMILES string of the molecule is O=P12C34CSC15C32P45=O. The summed E-state index contributed by atoms with van der Waals surface area (Å²) >= 11 is 1.77. The summed E-state index contributed by atoms with van der Waals surface area (Å²) in [4.78, 5) is 0.169. The van der Waals surface area contributed by atoms with Gasteiger partial charge >= 0.3 is 0 Å². The zero-order valence-corrected chi connectivity index (χ0v) is 6.93. The van der Waals surface area contributed by atoms with Crippen molar-refractivity contribution >= 4 is 26.0 Å². The van der Waals surface area contributed by atoms with Gasteiger partial charge in [0.1, 0.15) is 28.3 Å². The molecule has 0 aromatic heterocycles. The molecule has 2 unspecified atom stereocenters. The predicted molar refractivity (Wildman–Crippen MR) is 35.9 cm³/mol. The first-order chi connectivity index (χ1) is 4.21. The number of rotatable bonds is 0. The Bertz CT molecular complexity index is 341. The Morgan fingerprint density at radius 3 is 2.11 bits per heavy atom. The topological polar surface area (TPSA) is 34.1 Å². The van der Waals surface area contributed by atoms with Crippen LogP contribution in [0.1, 0.15) is 0 Å². The highest BCUT2D eigenvalue weighted by atomic mass is 32.2. The Morgan fingerprint density at radius 2 is 2.00 bits per heavy atom. The zero-order chi connectivity index (χ0) is 5.91. The molecule has 0 radical (unpaired) electrons. The van der Waals surface area contributed by atoms with Gasteiger partial charge in [-0.3, -0.25) is 0 Å². The van der Waals surface area contributed by atoms with Crippen LogP contribution in [0.15, 0.2) is 0 Å². The average molecular weight is 176 g/mol. The van der Waals surface area contributed by atoms with E-state index in [1.807, 2.05) is 0 Å². The fourth-order valence-corrected chi connectivity index (χ4v) is 29.2. The summed E-state index contributed by atoms with van der Waals surface area (Å²) in [6, 6.07) is 0. The van der Waals surface area contributed by atoms with Crippen LogP contribution in [0.25, 0.3) is 0 Å². The Labute approximate surface area is 55.5 Å². The molecule has 2 bridgehead atoms. The van der Waals surface area contributed by atoms with E-state index in [0.717, 1.165) is 5.75 Å². The summed E-state index contributed by atoms with van der Waals surface area (Å²) in [6.45, 7) is 0. The average Bonchev–Trinajstić information content (AvgIpc) is 2.67. The number of hydrogen-bond acceptors (Lipinski definition) is 3. The molecule has 7 fully saturated rings. The maximum absolute atomic E-state index is 11.5. The van der Waals surface area contributed by atoms with Crippen molar-refractivity contribution in [3.05, 3.63) is 0 Å². The van der Waals surface area contributed by atoms with E-state index >= 15 is 0 Å². The second-order valence-electron chi connectivity index (χ2n) is 3.60. The van der Waals surface area contributed by atoms with Crippen LogP contribution in [0.5, 0.6) is 0 Å². The summed E-state index contributed by atoms with van der Waals surface area (Å²) in [5.74, 6) is 1.00. The van der Waals surface area contributed by atoms with Crippen LogP contribution < -0.4 is 0 Å². The summed E-state index contributed by atoms with van der Waals surface area (Å²) in [5, 5.41) is 0. The van der Waals surface area contributed by atoms with Crippen LogP contribution in [-0.2, 0) is 9.13 Å². The molecule has 0 amide bonds. The molecule has 9 heavy (non-hydrogen) atoms. The van der Waals surface area contributed by atoms with Gasteiger partial charge in [-0.05, 0) is 0 Å². The Morgan fingerprint density at radius 1 is 1.33 bits per heavy atom. The molecule has 7 rings (SSSR count). The van der Waals surface area contributed by atoms with Crippen molar-refractivity contribution in [2.24, 2.45) is 0 Å². The predicted octanol–water partition coefficient (Wildman–Crippen LogP) is 1.56. The third kappa shape index (κ3) is 0.0792. The van der Waals surface area contributed by atoms with E-state index in [-0.39, 0.29) is 14.0 Å². The molecule has 7 aliphatic heterocycles. The second-order valence-corrected chi connectivity index (χ2v) is 13.1. The number of thioether (sulfide) groups is 1. The molecule has 0 aromatic rings. The van der Waals surface area contributed by atoms with Gasteiger partial charge in [0.05, 0.1) is 0 Å². The molecular weight excluding hydrogens is 174 g/mol.